The predicted molar refractivity (Wildman–Crippen MR) is 95.6 cm³/mol. The van der Waals surface area contributed by atoms with E-state index in [1.807, 2.05) is 6.08 Å². The number of allylic oxidation sites excluding steroid dienone is 3. The summed E-state index contributed by atoms with van der Waals surface area (Å²) in [4.78, 5) is 11.1. The maximum absolute atomic E-state index is 11.1. The first kappa shape index (κ1) is 20.7. The molecule has 0 spiro atoms. The Morgan fingerprint density at radius 3 is 2.00 bits per heavy atom. The fourth-order valence-electron chi connectivity index (χ4n) is 2.17. The molecule has 0 rings (SSSR count). The Bertz CT molecular complexity index is 340. The fraction of sp³-hybridized carbons (Fsp3) is 0.650. The molecule has 0 saturated heterocycles. The van der Waals surface area contributed by atoms with Gasteiger partial charge in [0.2, 0.25) is 0 Å². The second kappa shape index (κ2) is 16.1. The standard InChI is InChI=1S/C20H34O2/c1-4-5-6-7-8-9-10-11-12-13-14-15-16-17-18-22-20(21)19(2)3/h15-18H,2,4-14H2,1,3H3. The zero-order valence-corrected chi connectivity index (χ0v) is 14.6. The van der Waals surface area contributed by atoms with Crippen LogP contribution in [0.4, 0.5) is 0 Å². The summed E-state index contributed by atoms with van der Waals surface area (Å²) in [6, 6.07) is 0. The molecule has 2 heteroatoms. The van der Waals surface area contributed by atoms with E-state index in [0.717, 1.165) is 6.42 Å². The Morgan fingerprint density at radius 2 is 1.45 bits per heavy atom. The molecule has 0 radical (unpaired) electrons. The second-order valence-corrected chi connectivity index (χ2v) is 5.91. The van der Waals surface area contributed by atoms with Crippen molar-refractivity contribution in [2.45, 2.75) is 84.5 Å². The Balaban J connectivity index is 3.28. The third-order valence-electron chi connectivity index (χ3n) is 3.57. The average molecular weight is 306 g/mol. The van der Waals surface area contributed by atoms with Crippen LogP contribution in [-0.4, -0.2) is 5.97 Å². The van der Waals surface area contributed by atoms with Gasteiger partial charge in [-0.25, -0.2) is 4.79 Å². The minimum atomic E-state index is -0.376. The van der Waals surface area contributed by atoms with Gasteiger partial charge in [0.05, 0.1) is 6.26 Å². The molecule has 0 aliphatic rings. The van der Waals surface area contributed by atoms with Crippen molar-refractivity contribution in [3.63, 3.8) is 0 Å². The monoisotopic (exact) mass is 306 g/mol. The van der Waals surface area contributed by atoms with Gasteiger partial charge in [-0.15, -0.1) is 0 Å². The molecule has 0 amide bonds. The van der Waals surface area contributed by atoms with Crippen molar-refractivity contribution < 1.29 is 9.53 Å². The van der Waals surface area contributed by atoms with Crippen LogP contribution in [0, 0.1) is 0 Å². The van der Waals surface area contributed by atoms with Crippen LogP contribution in [0.25, 0.3) is 0 Å². The van der Waals surface area contributed by atoms with Gasteiger partial charge >= 0.3 is 5.97 Å². The number of hydrogen-bond donors (Lipinski definition) is 0. The summed E-state index contributed by atoms with van der Waals surface area (Å²) >= 11 is 0. The molecule has 0 N–H and O–H groups in total. The zero-order valence-electron chi connectivity index (χ0n) is 14.6. The van der Waals surface area contributed by atoms with Crippen LogP contribution < -0.4 is 0 Å². The lowest BCUT2D eigenvalue weighted by Gasteiger charge is -2.01. The minimum Gasteiger partial charge on any atom is -0.431 e. The van der Waals surface area contributed by atoms with Gasteiger partial charge in [0.1, 0.15) is 0 Å². The molecule has 0 aromatic carbocycles. The van der Waals surface area contributed by atoms with E-state index in [4.69, 9.17) is 4.74 Å². The van der Waals surface area contributed by atoms with Crippen LogP contribution >= 0.6 is 0 Å². The molecular weight excluding hydrogens is 272 g/mol. The molecule has 0 aromatic heterocycles. The third kappa shape index (κ3) is 15.1. The normalized spacial score (nSPS) is 11.4. The Morgan fingerprint density at radius 1 is 0.909 bits per heavy atom. The second-order valence-electron chi connectivity index (χ2n) is 5.91. The molecule has 0 aromatic rings. The summed E-state index contributed by atoms with van der Waals surface area (Å²) in [6.45, 7) is 7.42. The van der Waals surface area contributed by atoms with E-state index in [1.54, 1.807) is 13.0 Å². The van der Waals surface area contributed by atoms with E-state index in [1.165, 1.54) is 70.5 Å². The van der Waals surface area contributed by atoms with E-state index in [9.17, 15) is 4.79 Å². The molecule has 0 aliphatic heterocycles. The predicted octanol–water partition coefficient (Wildman–Crippen LogP) is 6.49. The Labute approximate surface area is 137 Å². The highest BCUT2D eigenvalue weighted by Gasteiger charge is 1.98. The summed E-state index contributed by atoms with van der Waals surface area (Å²) in [7, 11) is 0. The summed E-state index contributed by atoms with van der Waals surface area (Å²) in [5.74, 6) is -0.376. The van der Waals surface area contributed by atoms with Crippen molar-refractivity contribution in [1.82, 2.24) is 0 Å². The molecule has 0 atom stereocenters. The number of carbonyl (C=O) groups excluding carboxylic acids is 1. The van der Waals surface area contributed by atoms with Crippen molar-refractivity contribution in [1.29, 1.82) is 0 Å². The highest BCUT2D eigenvalue weighted by atomic mass is 16.5. The topological polar surface area (TPSA) is 26.3 Å². The molecule has 22 heavy (non-hydrogen) atoms. The highest BCUT2D eigenvalue weighted by Crippen LogP contribution is 2.11. The number of unbranched alkanes of at least 4 members (excludes halogenated alkanes) is 10. The molecular formula is C20H34O2. The van der Waals surface area contributed by atoms with E-state index < -0.39 is 0 Å². The van der Waals surface area contributed by atoms with Gasteiger partial charge in [-0.05, 0) is 25.8 Å². The van der Waals surface area contributed by atoms with Gasteiger partial charge in [0, 0.05) is 5.57 Å². The van der Waals surface area contributed by atoms with Crippen molar-refractivity contribution >= 4 is 5.97 Å². The maximum Gasteiger partial charge on any atom is 0.337 e. The molecule has 0 fully saturated rings. The molecule has 0 aliphatic carbocycles. The number of esters is 1. The summed E-state index contributed by atoms with van der Waals surface area (Å²) in [5.41, 5.74) is 0.416. The number of carbonyl (C=O) groups is 1. The molecule has 0 bridgehead atoms. The van der Waals surface area contributed by atoms with Gasteiger partial charge in [-0.2, -0.15) is 0 Å². The van der Waals surface area contributed by atoms with E-state index >= 15 is 0 Å². The van der Waals surface area contributed by atoms with Gasteiger partial charge in [-0.1, -0.05) is 83.4 Å². The first-order valence-electron chi connectivity index (χ1n) is 8.86. The molecule has 0 unspecified atom stereocenters. The maximum atomic E-state index is 11.1. The number of rotatable bonds is 14. The highest BCUT2D eigenvalue weighted by molar-refractivity contribution is 5.87. The van der Waals surface area contributed by atoms with Gasteiger partial charge < -0.3 is 4.74 Å². The Hall–Kier alpha value is -1.31. The van der Waals surface area contributed by atoms with Crippen LogP contribution in [0.3, 0.4) is 0 Å². The largest absolute Gasteiger partial charge is 0.431 e. The van der Waals surface area contributed by atoms with Crippen LogP contribution in [-0.2, 0) is 9.53 Å². The fourth-order valence-corrected chi connectivity index (χ4v) is 2.17. The van der Waals surface area contributed by atoms with Gasteiger partial charge in [0.15, 0.2) is 0 Å². The van der Waals surface area contributed by atoms with Crippen molar-refractivity contribution in [3.8, 4) is 0 Å². The van der Waals surface area contributed by atoms with Crippen LogP contribution in [0.15, 0.2) is 36.6 Å². The van der Waals surface area contributed by atoms with E-state index in [2.05, 4.69) is 19.6 Å². The molecule has 126 valence electrons. The van der Waals surface area contributed by atoms with Crippen LogP contribution in [0.5, 0.6) is 0 Å². The lowest BCUT2D eigenvalue weighted by Crippen LogP contribution is -1.98. The van der Waals surface area contributed by atoms with Crippen LogP contribution in [0.1, 0.15) is 84.5 Å². The number of ether oxygens (including phenoxy) is 1. The Kier molecular flexibility index (Phi) is 15.1. The molecule has 0 saturated carbocycles. The van der Waals surface area contributed by atoms with Crippen LogP contribution in [0.2, 0.25) is 0 Å². The first-order valence-corrected chi connectivity index (χ1v) is 8.86. The zero-order chi connectivity index (χ0) is 16.5. The van der Waals surface area contributed by atoms with Crippen molar-refractivity contribution in [2.75, 3.05) is 0 Å². The lowest BCUT2D eigenvalue weighted by atomic mass is 10.1. The summed E-state index contributed by atoms with van der Waals surface area (Å²) < 4.78 is 4.84. The SMILES string of the molecule is C=C(C)C(=O)OC=CC=CCCCCCCCCCCCC. The van der Waals surface area contributed by atoms with Gasteiger partial charge in [-0.3, -0.25) is 0 Å². The average Bonchev–Trinajstić information content (AvgIpc) is 2.50. The minimum absolute atomic E-state index is 0.376. The number of hydrogen-bond acceptors (Lipinski definition) is 2. The first-order chi connectivity index (χ1) is 10.7. The van der Waals surface area contributed by atoms with Crippen molar-refractivity contribution in [2.24, 2.45) is 0 Å². The third-order valence-corrected chi connectivity index (χ3v) is 3.57. The molecule has 2 nitrogen and oxygen atoms in total. The van der Waals surface area contributed by atoms with Gasteiger partial charge in [0.25, 0.3) is 0 Å². The quantitative estimate of drug-likeness (QED) is 0.121. The van der Waals surface area contributed by atoms with E-state index in [-0.39, 0.29) is 5.97 Å². The molecule has 0 heterocycles. The summed E-state index contributed by atoms with van der Waals surface area (Å²) in [6.07, 6.45) is 22.0. The van der Waals surface area contributed by atoms with Crippen molar-refractivity contribution in [3.05, 3.63) is 36.6 Å². The summed E-state index contributed by atoms with van der Waals surface area (Å²) in [5, 5.41) is 0. The smallest absolute Gasteiger partial charge is 0.337 e. The lowest BCUT2D eigenvalue weighted by molar-refractivity contribution is -0.133. The van der Waals surface area contributed by atoms with E-state index in [0.29, 0.717) is 5.57 Å².